The van der Waals surface area contributed by atoms with E-state index in [4.69, 9.17) is 4.74 Å². The highest BCUT2D eigenvalue weighted by molar-refractivity contribution is 6.05. The molecule has 0 heterocycles. The Balaban J connectivity index is 1.72. The molecule has 0 aromatic heterocycles. The van der Waals surface area contributed by atoms with Gasteiger partial charge < -0.3 is 20.3 Å². The fraction of sp³-hybridized carbons (Fsp3) is 0.167. The predicted molar refractivity (Wildman–Crippen MR) is 120 cm³/mol. The van der Waals surface area contributed by atoms with Crippen LogP contribution in [0.2, 0.25) is 0 Å². The number of methoxy groups -OCH3 is 1. The molecule has 0 spiro atoms. The van der Waals surface area contributed by atoms with Crippen LogP contribution in [0.25, 0.3) is 0 Å². The van der Waals surface area contributed by atoms with E-state index in [1.54, 1.807) is 18.2 Å². The molecule has 2 amide bonds. The number of nitrogens with one attached hydrogen (secondary N) is 2. The van der Waals surface area contributed by atoms with Crippen molar-refractivity contribution in [3.8, 4) is 5.75 Å². The number of carbonyl (C=O) groups is 2. The molecule has 160 valence electrons. The predicted octanol–water partition coefficient (Wildman–Crippen LogP) is 4.55. The van der Waals surface area contributed by atoms with Crippen LogP contribution in [0.5, 0.6) is 5.75 Å². The Morgan fingerprint density at radius 1 is 0.968 bits per heavy atom. The monoisotopic (exact) mass is 421 g/mol. The van der Waals surface area contributed by atoms with Crippen LogP contribution in [0, 0.1) is 5.82 Å². The fourth-order valence-corrected chi connectivity index (χ4v) is 3.11. The quantitative estimate of drug-likeness (QED) is 0.560. The van der Waals surface area contributed by atoms with Gasteiger partial charge in [0, 0.05) is 23.5 Å². The lowest BCUT2D eigenvalue weighted by atomic mass is 10.2. The largest absolute Gasteiger partial charge is 0.495 e. The van der Waals surface area contributed by atoms with E-state index < -0.39 is 11.7 Å². The lowest BCUT2D eigenvalue weighted by molar-refractivity contribution is -0.115. The van der Waals surface area contributed by atoms with E-state index in [1.165, 1.54) is 25.3 Å². The van der Waals surface area contributed by atoms with E-state index >= 15 is 0 Å². The molecule has 3 aromatic rings. The molecule has 0 radical (unpaired) electrons. The molecule has 6 nitrogen and oxygen atoms in total. The van der Waals surface area contributed by atoms with Crippen molar-refractivity contribution in [2.24, 2.45) is 0 Å². The van der Waals surface area contributed by atoms with Crippen LogP contribution < -0.4 is 20.3 Å². The van der Waals surface area contributed by atoms with Crippen molar-refractivity contribution in [2.45, 2.75) is 6.92 Å². The molecule has 0 fully saturated rings. The summed E-state index contributed by atoms with van der Waals surface area (Å²) in [5.74, 6) is -0.762. The molecule has 0 unspecified atom stereocenters. The van der Waals surface area contributed by atoms with Crippen LogP contribution in [0.1, 0.15) is 17.3 Å². The molecule has 0 aliphatic carbocycles. The first-order valence-electron chi connectivity index (χ1n) is 9.85. The zero-order valence-corrected chi connectivity index (χ0v) is 17.4. The van der Waals surface area contributed by atoms with Crippen molar-refractivity contribution in [1.82, 2.24) is 0 Å². The lowest BCUT2D eigenvalue weighted by Gasteiger charge is -2.22. The van der Waals surface area contributed by atoms with Gasteiger partial charge in [-0.2, -0.15) is 0 Å². The number of hydrogen-bond acceptors (Lipinski definition) is 4. The highest BCUT2D eigenvalue weighted by atomic mass is 19.1. The Morgan fingerprint density at radius 2 is 1.74 bits per heavy atom. The molecular formula is C24H24FN3O3. The summed E-state index contributed by atoms with van der Waals surface area (Å²) in [5, 5.41) is 5.55. The summed E-state index contributed by atoms with van der Waals surface area (Å²) in [7, 11) is 1.48. The van der Waals surface area contributed by atoms with Gasteiger partial charge in [-0.3, -0.25) is 9.59 Å². The molecular weight excluding hydrogens is 397 g/mol. The van der Waals surface area contributed by atoms with Crippen molar-refractivity contribution in [1.29, 1.82) is 0 Å². The summed E-state index contributed by atoms with van der Waals surface area (Å²) in [6.07, 6.45) is 0. The molecule has 0 aliphatic rings. The highest BCUT2D eigenvalue weighted by Crippen LogP contribution is 2.28. The number of halogens is 1. The van der Waals surface area contributed by atoms with Crippen molar-refractivity contribution in [3.05, 3.63) is 84.2 Å². The van der Waals surface area contributed by atoms with Gasteiger partial charge in [-0.15, -0.1) is 0 Å². The molecule has 31 heavy (non-hydrogen) atoms. The molecule has 0 saturated heterocycles. The summed E-state index contributed by atoms with van der Waals surface area (Å²) in [6, 6.07) is 20.0. The SMILES string of the molecule is CCN(CC(=O)Nc1ccc(OC)c(NC(=O)c2cccc(F)c2)c1)c1ccccc1. The van der Waals surface area contributed by atoms with E-state index in [1.807, 2.05) is 42.2 Å². The molecule has 7 heteroatoms. The average Bonchev–Trinajstić information content (AvgIpc) is 2.78. The van der Waals surface area contributed by atoms with Crippen molar-refractivity contribution in [3.63, 3.8) is 0 Å². The Bertz CT molecular complexity index is 1060. The van der Waals surface area contributed by atoms with Gasteiger partial charge in [-0.1, -0.05) is 24.3 Å². The molecule has 0 atom stereocenters. The van der Waals surface area contributed by atoms with Crippen LogP contribution in [0.4, 0.5) is 21.5 Å². The number of ether oxygens (including phenoxy) is 1. The third-order valence-corrected chi connectivity index (χ3v) is 4.66. The van der Waals surface area contributed by atoms with Gasteiger partial charge in [0.05, 0.1) is 19.3 Å². The van der Waals surface area contributed by atoms with Gasteiger partial charge in [-0.05, 0) is 55.5 Å². The normalized spacial score (nSPS) is 10.3. The highest BCUT2D eigenvalue weighted by Gasteiger charge is 2.14. The average molecular weight is 421 g/mol. The Hall–Kier alpha value is -3.87. The van der Waals surface area contributed by atoms with E-state index in [0.29, 0.717) is 23.7 Å². The van der Waals surface area contributed by atoms with E-state index in [0.717, 1.165) is 11.8 Å². The number of anilines is 3. The minimum atomic E-state index is -0.500. The van der Waals surface area contributed by atoms with E-state index in [-0.39, 0.29) is 18.0 Å². The lowest BCUT2D eigenvalue weighted by Crippen LogP contribution is -2.33. The first-order chi connectivity index (χ1) is 15.0. The Labute approximate surface area is 180 Å². The smallest absolute Gasteiger partial charge is 0.255 e. The second kappa shape index (κ2) is 10.2. The number of benzene rings is 3. The standard InChI is InChI=1S/C24H24FN3O3/c1-3-28(20-10-5-4-6-11-20)16-23(29)26-19-12-13-22(31-2)21(15-19)27-24(30)17-8-7-9-18(25)14-17/h4-15H,3,16H2,1-2H3,(H,26,29)(H,27,30). The number of carbonyl (C=O) groups excluding carboxylic acids is 2. The first kappa shape index (κ1) is 21.8. The summed E-state index contributed by atoms with van der Waals surface area (Å²) in [6.45, 7) is 2.83. The zero-order chi connectivity index (χ0) is 22.2. The second-order valence-electron chi connectivity index (χ2n) is 6.78. The number of likely N-dealkylation sites (N-methyl/N-ethyl adjacent to an activating group) is 1. The molecule has 3 aromatic carbocycles. The number of nitrogens with zero attached hydrogens (tertiary/aromatic N) is 1. The minimum Gasteiger partial charge on any atom is -0.495 e. The van der Waals surface area contributed by atoms with Crippen molar-refractivity contribution in [2.75, 3.05) is 35.7 Å². The van der Waals surface area contributed by atoms with Gasteiger partial charge in [0.2, 0.25) is 5.91 Å². The summed E-state index contributed by atoms with van der Waals surface area (Å²) in [5.41, 5.74) is 2.00. The topological polar surface area (TPSA) is 70.7 Å². The number of rotatable bonds is 8. The van der Waals surface area contributed by atoms with E-state index in [9.17, 15) is 14.0 Å². The van der Waals surface area contributed by atoms with Crippen LogP contribution in [-0.4, -0.2) is 32.0 Å². The van der Waals surface area contributed by atoms with Crippen LogP contribution in [0.3, 0.4) is 0 Å². The van der Waals surface area contributed by atoms with Gasteiger partial charge in [0.25, 0.3) is 5.91 Å². The molecule has 2 N–H and O–H groups in total. The Morgan fingerprint density at radius 3 is 2.42 bits per heavy atom. The van der Waals surface area contributed by atoms with Crippen LogP contribution >= 0.6 is 0 Å². The molecule has 0 bridgehead atoms. The fourth-order valence-electron chi connectivity index (χ4n) is 3.11. The van der Waals surface area contributed by atoms with Gasteiger partial charge in [0.1, 0.15) is 11.6 Å². The van der Waals surface area contributed by atoms with Crippen molar-refractivity contribution >= 4 is 28.9 Å². The molecule has 0 saturated carbocycles. The van der Waals surface area contributed by atoms with Gasteiger partial charge >= 0.3 is 0 Å². The van der Waals surface area contributed by atoms with Gasteiger partial charge in [-0.25, -0.2) is 4.39 Å². The summed E-state index contributed by atoms with van der Waals surface area (Å²) < 4.78 is 18.7. The van der Waals surface area contributed by atoms with Gasteiger partial charge in [0.15, 0.2) is 0 Å². The van der Waals surface area contributed by atoms with E-state index in [2.05, 4.69) is 10.6 Å². The second-order valence-corrected chi connectivity index (χ2v) is 6.78. The zero-order valence-electron chi connectivity index (χ0n) is 17.4. The molecule has 3 rings (SSSR count). The Kier molecular flexibility index (Phi) is 7.22. The molecule has 0 aliphatic heterocycles. The third kappa shape index (κ3) is 5.82. The maximum atomic E-state index is 13.4. The number of hydrogen-bond donors (Lipinski definition) is 2. The third-order valence-electron chi connectivity index (χ3n) is 4.66. The summed E-state index contributed by atoms with van der Waals surface area (Å²) in [4.78, 5) is 27.0. The number of para-hydroxylation sites is 1. The number of amides is 2. The maximum Gasteiger partial charge on any atom is 0.255 e. The summed E-state index contributed by atoms with van der Waals surface area (Å²) >= 11 is 0. The maximum absolute atomic E-state index is 13.4. The van der Waals surface area contributed by atoms with Crippen LogP contribution in [-0.2, 0) is 4.79 Å². The van der Waals surface area contributed by atoms with Crippen LogP contribution in [0.15, 0.2) is 72.8 Å². The van der Waals surface area contributed by atoms with Crippen molar-refractivity contribution < 1.29 is 18.7 Å². The minimum absolute atomic E-state index is 0.178. The first-order valence-corrected chi connectivity index (χ1v) is 9.85.